The van der Waals surface area contributed by atoms with Gasteiger partial charge in [-0.05, 0) is 6.42 Å². The highest BCUT2D eigenvalue weighted by Gasteiger charge is 2.05. The molecule has 0 spiro atoms. The molecule has 26 heavy (non-hydrogen) atoms. The molecular weight excluding hydrogens is 359 g/mol. The van der Waals surface area contributed by atoms with Gasteiger partial charge in [0, 0.05) is 26.0 Å². The lowest BCUT2D eigenvalue weighted by Gasteiger charge is -2.17. The molecule has 0 aromatic heterocycles. The first-order valence-electron chi connectivity index (χ1n) is 7.05. The van der Waals surface area contributed by atoms with Crippen molar-refractivity contribution >= 4 is 29.3 Å². The molecule has 0 saturated carbocycles. The molecule has 14 nitrogen and oxygen atoms in total. The molecule has 1 heterocycles. The molecule has 0 aliphatic carbocycles. The van der Waals surface area contributed by atoms with Crippen LogP contribution in [0, 0.1) is 0 Å². The summed E-state index contributed by atoms with van der Waals surface area (Å²) < 4.78 is 0. The summed E-state index contributed by atoms with van der Waals surface area (Å²) >= 11 is 0. The summed E-state index contributed by atoms with van der Waals surface area (Å²) in [6.07, 6.45) is 6.87. The van der Waals surface area contributed by atoms with Crippen molar-refractivity contribution in [3.05, 3.63) is 12.4 Å². The molecule has 1 aliphatic heterocycles. The SMILES string of the molecule is CCCCN1C=CN(C)C1.OB(O)O.OB(O)O.OB(O)O.OB(O)O. The highest BCUT2D eigenvalue weighted by molar-refractivity contribution is 6.31. The second-order valence-electron chi connectivity index (χ2n) is 4.25. The Labute approximate surface area is 152 Å². The van der Waals surface area contributed by atoms with E-state index in [1.54, 1.807) is 0 Å². The van der Waals surface area contributed by atoms with Gasteiger partial charge >= 0.3 is 29.3 Å². The lowest BCUT2D eigenvalue weighted by molar-refractivity contribution is 0.276. The fourth-order valence-corrected chi connectivity index (χ4v) is 1.10. The Morgan fingerprint density at radius 1 is 0.692 bits per heavy atom. The Morgan fingerprint density at radius 2 is 1.00 bits per heavy atom. The van der Waals surface area contributed by atoms with E-state index in [0.29, 0.717) is 0 Å². The highest BCUT2D eigenvalue weighted by atomic mass is 16.5. The van der Waals surface area contributed by atoms with Crippen LogP contribution in [-0.4, -0.2) is 120 Å². The van der Waals surface area contributed by atoms with Gasteiger partial charge in [-0.3, -0.25) is 0 Å². The van der Waals surface area contributed by atoms with Crippen LogP contribution in [-0.2, 0) is 0 Å². The third-order valence-electron chi connectivity index (χ3n) is 1.74. The predicted molar refractivity (Wildman–Crippen MR) is 93.0 cm³/mol. The summed E-state index contributed by atoms with van der Waals surface area (Å²) in [5.74, 6) is 0. The van der Waals surface area contributed by atoms with Crippen molar-refractivity contribution in [1.82, 2.24) is 9.80 Å². The van der Waals surface area contributed by atoms with Gasteiger partial charge in [0.15, 0.2) is 0 Å². The van der Waals surface area contributed by atoms with E-state index in [4.69, 9.17) is 60.3 Å². The van der Waals surface area contributed by atoms with Crippen molar-refractivity contribution in [1.29, 1.82) is 0 Å². The first-order chi connectivity index (χ1) is 11.8. The number of hydrogen-bond acceptors (Lipinski definition) is 14. The van der Waals surface area contributed by atoms with Crippen LogP contribution in [0.1, 0.15) is 19.8 Å². The molecule has 12 N–H and O–H groups in total. The molecule has 154 valence electrons. The van der Waals surface area contributed by atoms with Gasteiger partial charge in [0.25, 0.3) is 0 Å². The summed E-state index contributed by atoms with van der Waals surface area (Å²) in [4.78, 5) is 4.53. The smallest absolute Gasteiger partial charge is 0.402 e. The highest BCUT2D eigenvalue weighted by Crippen LogP contribution is 2.04. The third-order valence-corrected chi connectivity index (χ3v) is 1.74. The molecule has 0 aromatic rings. The van der Waals surface area contributed by atoms with Crippen molar-refractivity contribution in [3.63, 3.8) is 0 Å². The maximum absolute atomic E-state index is 7.17. The third kappa shape index (κ3) is 77.0. The molecule has 0 radical (unpaired) electrons. The number of unbranched alkanes of at least 4 members (excludes halogenated alkanes) is 1. The van der Waals surface area contributed by atoms with E-state index < -0.39 is 29.3 Å². The van der Waals surface area contributed by atoms with E-state index in [-0.39, 0.29) is 0 Å². The lowest BCUT2D eigenvalue weighted by Crippen LogP contribution is -2.23. The van der Waals surface area contributed by atoms with Gasteiger partial charge in [-0.25, -0.2) is 0 Å². The summed E-state index contributed by atoms with van der Waals surface area (Å²) in [7, 11) is -6.57. The van der Waals surface area contributed by atoms with Crippen molar-refractivity contribution in [2.75, 3.05) is 20.3 Å². The van der Waals surface area contributed by atoms with E-state index in [0.717, 1.165) is 6.67 Å². The van der Waals surface area contributed by atoms with E-state index in [1.165, 1.54) is 19.4 Å². The first-order valence-corrected chi connectivity index (χ1v) is 7.05. The number of nitrogens with zero attached hydrogens (tertiary/aromatic N) is 2. The van der Waals surface area contributed by atoms with Crippen LogP contribution in [0.5, 0.6) is 0 Å². The fraction of sp³-hybridized carbons (Fsp3) is 0.750. The van der Waals surface area contributed by atoms with Crippen LogP contribution in [0.15, 0.2) is 12.4 Å². The van der Waals surface area contributed by atoms with Gasteiger partial charge < -0.3 is 70.1 Å². The normalized spacial score (nSPS) is 10.7. The van der Waals surface area contributed by atoms with Gasteiger partial charge in [0.1, 0.15) is 0 Å². The largest absolute Gasteiger partial charge is 0.631 e. The summed E-state index contributed by atoms with van der Waals surface area (Å²) in [5.41, 5.74) is 0. The van der Waals surface area contributed by atoms with Crippen LogP contribution in [0.3, 0.4) is 0 Å². The zero-order chi connectivity index (χ0) is 21.7. The Bertz CT molecular complexity index is 255. The molecular formula is C8H28B4N2O12. The second kappa shape index (κ2) is 24.1. The topological polar surface area (TPSA) is 249 Å². The lowest BCUT2D eigenvalue weighted by atomic mass is 10.3. The molecule has 0 fully saturated rings. The summed E-state index contributed by atoms with van der Waals surface area (Å²) in [5, 5.41) is 86.0. The monoisotopic (exact) mass is 388 g/mol. The molecule has 0 aromatic carbocycles. The first kappa shape index (κ1) is 32.8. The standard InChI is InChI=1S/C8H16N2.4BH3O3/c1-3-4-5-10-7-6-9(2)8-10;4*2-1(3)4/h6-7H,3-5,8H2,1-2H3;4*2-4H. The minimum absolute atomic E-state index is 1.07. The minimum Gasteiger partial charge on any atom is -0.402 e. The van der Waals surface area contributed by atoms with Crippen molar-refractivity contribution in [2.45, 2.75) is 19.8 Å². The number of rotatable bonds is 3. The average Bonchev–Trinajstić information content (AvgIpc) is 2.79. The maximum atomic E-state index is 7.17. The number of hydrogen-bond donors (Lipinski definition) is 12. The van der Waals surface area contributed by atoms with E-state index in [2.05, 4.69) is 36.2 Å². The van der Waals surface area contributed by atoms with Crippen molar-refractivity contribution in [3.8, 4) is 0 Å². The predicted octanol–water partition coefficient (Wildman–Crippen LogP) is -6.74. The molecule has 18 heteroatoms. The molecule has 0 amide bonds. The van der Waals surface area contributed by atoms with Gasteiger partial charge in [-0.1, -0.05) is 13.3 Å². The Kier molecular flexibility index (Phi) is 30.4. The second-order valence-corrected chi connectivity index (χ2v) is 4.25. The van der Waals surface area contributed by atoms with Crippen molar-refractivity contribution < 1.29 is 60.3 Å². The van der Waals surface area contributed by atoms with E-state index in [1.807, 2.05) is 0 Å². The van der Waals surface area contributed by atoms with Gasteiger partial charge in [0.05, 0.1) is 6.67 Å². The van der Waals surface area contributed by atoms with E-state index in [9.17, 15) is 0 Å². The minimum atomic E-state index is -2.17. The van der Waals surface area contributed by atoms with Gasteiger partial charge in [-0.2, -0.15) is 0 Å². The Hall–Kier alpha value is -0.880. The van der Waals surface area contributed by atoms with Crippen LogP contribution >= 0.6 is 0 Å². The maximum Gasteiger partial charge on any atom is 0.631 e. The molecule has 0 atom stereocenters. The van der Waals surface area contributed by atoms with Crippen molar-refractivity contribution in [2.24, 2.45) is 0 Å². The fourth-order valence-electron chi connectivity index (χ4n) is 1.10. The molecule has 0 unspecified atom stereocenters. The Morgan fingerprint density at radius 3 is 1.19 bits per heavy atom. The summed E-state index contributed by atoms with van der Waals surface area (Å²) in [6, 6.07) is 0. The van der Waals surface area contributed by atoms with Crippen LogP contribution in [0.25, 0.3) is 0 Å². The zero-order valence-corrected chi connectivity index (χ0v) is 14.6. The average molecular weight is 388 g/mol. The van der Waals surface area contributed by atoms with Gasteiger partial charge in [0.2, 0.25) is 0 Å². The Balaban J connectivity index is -0.000000129. The summed E-state index contributed by atoms with van der Waals surface area (Å²) in [6.45, 7) is 4.50. The molecule has 0 saturated heterocycles. The quantitative estimate of drug-likeness (QED) is 0.201. The molecule has 1 rings (SSSR count). The van der Waals surface area contributed by atoms with E-state index >= 15 is 0 Å². The zero-order valence-electron chi connectivity index (χ0n) is 14.6. The van der Waals surface area contributed by atoms with Crippen LogP contribution < -0.4 is 0 Å². The van der Waals surface area contributed by atoms with Crippen LogP contribution in [0.4, 0.5) is 0 Å². The van der Waals surface area contributed by atoms with Gasteiger partial charge in [-0.15, -0.1) is 0 Å². The molecule has 0 bridgehead atoms. The molecule has 1 aliphatic rings. The van der Waals surface area contributed by atoms with Crippen LogP contribution in [0.2, 0.25) is 0 Å².